The van der Waals surface area contributed by atoms with E-state index in [1.165, 1.54) is 0 Å². The van der Waals surface area contributed by atoms with Crippen molar-refractivity contribution in [1.29, 1.82) is 0 Å². The Hall–Kier alpha value is -2.98. The summed E-state index contributed by atoms with van der Waals surface area (Å²) in [5, 5.41) is 5.43. The number of benzene rings is 1. The molecule has 0 radical (unpaired) electrons. The highest BCUT2D eigenvalue weighted by Gasteiger charge is 2.41. The SMILES string of the molecule is CCC(C)C(C(CC(=O)N1CCC[C@H]1[C@H](OC)C(C)C(=O)NCCc1ccccc1)OC)N(C)C(=O)CNC=O. The quantitative estimate of drug-likeness (QED) is 0.282. The molecule has 10 heteroatoms. The maximum Gasteiger partial charge on any atom is 0.242 e. The molecule has 1 aliphatic heterocycles. The fourth-order valence-electron chi connectivity index (χ4n) is 5.71. The highest BCUT2D eigenvalue weighted by Crippen LogP contribution is 2.29. The van der Waals surface area contributed by atoms with Gasteiger partial charge in [-0.15, -0.1) is 0 Å². The fourth-order valence-corrected chi connectivity index (χ4v) is 5.71. The van der Waals surface area contributed by atoms with Gasteiger partial charge < -0.3 is 29.9 Å². The van der Waals surface area contributed by atoms with Crippen LogP contribution in [0.1, 0.15) is 52.0 Å². The van der Waals surface area contributed by atoms with Gasteiger partial charge in [0.1, 0.15) is 0 Å². The summed E-state index contributed by atoms with van der Waals surface area (Å²) >= 11 is 0. The van der Waals surface area contributed by atoms with Crippen molar-refractivity contribution in [2.24, 2.45) is 11.8 Å². The minimum Gasteiger partial charge on any atom is -0.379 e. The van der Waals surface area contributed by atoms with Crippen molar-refractivity contribution in [2.45, 2.75) is 77.2 Å². The lowest BCUT2D eigenvalue weighted by molar-refractivity contribution is -0.145. The second kappa shape index (κ2) is 17.0. The van der Waals surface area contributed by atoms with Crippen molar-refractivity contribution in [3.05, 3.63) is 35.9 Å². The van der Waals surface area contributed by atoms with Crippen molar-refractivity contribution in [3.63, 3.8) is 0 Å². The number of methoxy groups -OCH3 is 2. The van der Waals surface area contributed by atoms with Crippen LogP contribution in [0.4, 0.5) is 0 Å². The maximum atomic E-state index is 13.7. The minimum absolute atomic E-state index is 0.0589. The zero-order chi connectivity index (χ0) is 29.7. The zero-order valence-corrected chi connectivity index (χ0v) is 24.9. The van der Waals surface area contributed by atoms with E-state index in [1.807, 2.05) is 56.0 Å². The summed E-state index contributed by atoms with van der Waals surface area (Å²) < 4.78 is 11.6. The van der Waals surface area contributed by atoms with Crippen molar-refractivity contribution in [1.82, 2.24) is 20.4 Å². The summed E-state index contributed by atoms with van der Waals surface area (Å²) in [6.07, 6.45) is 2.69. The van der Waals surface area contributed by atoms with Crippen LogP contribution >= 0.6 is 0 Å². The smallest absolute Gasteiger partial charge is 0.242 e. The summed E-state index contributed by atoms with van der Waals surface area (Å²) in [4.78, 5) is 53.5. The number of rotatable bonds is 17. The van der Waals surface area contributed by atoms with E-state index in [1.54, 1.807) is 26.2 Å². The topological polar surface area (TPSA) is 117 Å². The van der Waals surface area contributed by atoms with Crippen LogP contribution < -0.4 is 10.6 Å². The van der Waals surface area contributed by atoms with Gasteiger partial charge in [-0.3, -0.25) is 19.2 Å². The van der Waals surface area contributed by atoms with Gasteiger partial charge in [-0.05, 0) is 30.7 Å². The first-order chi connectivity index (χ1) is 19.2. The van der Waals surface area contributed by atoms with Crippen molar-refractivity contribution in [3.8, 4) is 0 Å². The van der Waals surface area contributed by atoms with E-state index in [4.69, 9.17) is 9.47 Å². The van der Waals surface area contributed by atoms with E-state index in [0.29, 0.717) is 19.5 Å². The Morgan fingerprint density at radius 3 is 2.45 bits per heavy atom. The molecule has 0 aliphatic carbocycles. The number of carbonyl (C=O) groups is 4. The molecule has 4 unspecified atom stereocenters. The molecule has 1 saturated heterocycles. The third kappa shape index (κ3) is 9.02. The maximum absolute atomic E-state index is 13.7. The number of ether oxygens (including phenoxy) is 2. The Bertz CT molecular complexity index is 945. The van der Waals surface area contributed by atoms with Crippen LogP contribution in [0.5, 0.6) is 0 Å². The van der Waals surface area contributed by atoms with E-state index in [-0.39, 0.29) is 48.7 Å². The standard InChI is InChI=1S/C30H48N4O6/c1-7-21(2)28(33(4)27(37)19-31-20-35)25(39-5)18-26(36)34-17-11-14-24(34)29(40-6)22(3)30(38)32-16-15-23-12-9-8-10-13-23/h8-10,12-13,20-22,24-25,28-29H,7,11,14-19H2,1-6H3,(H,31,35)(H,32,38)/t21?,22?,24-,25?,28?,29+/m0/s1. The van der Waals surface area contributed by atoms with Crippen LogP contribution in [0.25, 0.3) is 0 Å². The lowest BCUT2D eigenvalue weighted by Gasteiger charge is -2.39. The Labute approximate surface area is 239 Å². The summed E-state index contributed by atoms with van der Waals surface area (Å²) in [6.45, 7) is 6.88. The molecule has 0 aromatic heterocycles. The van der Waals surface area contributed by atoms with Crippen molar-refractivity contribution < 1.29 is 28.7 Å². The van der Waals surface area contributed by atoms with Gasteiger partial charge in [-0.2, -0.15) is 0 Å². The number of amides is 4. The Morgan fingerprint density at radius 2 is 1.85 bits per heavy atom. The van der Waals surface area contributed by atoms with Crippen LogP contribution in [-0.4, -0.2) is 99.1 Å². The predicted octanol–water partition coefficient (Wildman–Crippen LogP) is 2.01. The average molecular weight is 561 g/mol. The Kier molecular flexibility index (Phi) is 14.1. The van der Waals surface area contributed by atoms with Crippen LogP contribution in [-0.2, 0) is 35.1 Å². The molecule has 1 aliphatic rings. The first kappa shape index (κ1) is 33.2. The van der Waals surface area contributed by atoms with Crippen molar-refractivity contribution in [2.75, 3.05) is 40.9 Å². The zero-order valence-electron chi connectivity index (χ0n) is 24.9. The molecule has 0 spiro atoms. The number of hydrogen-bond acceptors (Lipinski definition) is 6. The molecule has 2 N–H and O–H groups in total. The summed E-state index contributed by atoms with van der Waals surface area (Å²) in [6, 6.07) is 9.40. The third-order valence-electron chi connectivity index (χ3n) is 8.20. The van der Waals surface area contributed by atoms with Gasteiger partial charge in [0.2, 0.25) is 24.1 Å². The molecule has 40 heavy (non-hydrogen) atoms. The number of hydrogen-bond donors (Lipinski definition) is 2. The number of nitrogens with zero attached hydrogens (tertiary/aromatic N) is 2. The largest absolute Gasteiger partial charge is 0.379 e. The van der Waals surface area contributed by atoms with E-state index < -0.39 is 18.1 Å². The number of likely N-dealkylation sites (tertiary alicyclic amines) is 1. The molecule has 4 amide bonds. The van der Waals surface area contributed by atoms with E-state index in [0.717, 1.165) is 31.2 Å². The van der Waals surface area contributed by atoms with Crippen LogP contribution in [0.2, 0.25) is 0 Å². The fraction of sp³-hybridized carbons (Fsp3) is 0.667. The van der Waals surface area contributed by atoms with E-state index >= 15 is 0 Å². The molecule has 6 atom stereocenters. The lowest BCUT2D eigenvalue weighted by atomic mass is 9.90. The first-order valence-corrected chi connectivity index (χ1v) is 14.3. The Morgan fingerprint density at radius 1 is 1.15 bits per heavy atom. The molecule has 2 rings (SSSR count). The highest BCUT2D eigenvalue weighted by molar-refractivity contribution is 5.81. The predicted molar refractivity (Wildman–Crippen MR) is 153 cm³/mol. The number of likely N-dealkylation sites (N-methyl/N-ethyl adjacent to an activating group) is 1. The van der Waals surface area contributed by atoms with Gasteiger partial charge in [-0.25, -0.2) is 0 Å². The molecule has 1 aromatic rings. The van der Waals surface area contributed by atoms with E-state index in [2.05, 4.69) is 10.6 Å². The lowest BCUT2D eigenvalue weighted by Crippen LogP contribution is -2.54. The van der Waals surface area contributed by atoms with Gasteiger partial charge in [0.05, 0.1) is 43.2 Å². The molecule has 1 heterocycles. The molecule has 0 bridgehead atoms. The summed E-state index contributed by atoms with van der Waals surface area (Å²) in [5.41, 5.74) is 1.15. The summed E-state index contributed by atoms with van der Waals surface area (Å²) in [5.74, 6) is -0.827. The second-order valence-electron chi connectivity index (χ2n) is 10.7. The molecular weight excluding hydrogens is 512 g/mol. The molecular formula is C30H48N4O6. The molecule has 1 fully saturated rings. The average Bonchev–Trinajstić information content (AvgIpc) is 3.45. The first-order valence-electron chi connectivity index (χ1n) is 14.3. The number of carbonyl (C=O) groups excluding carboxylic acids is 4. The second-order valence-corrected chi connectivity index (χ2v) is 10.7. The Balaban J connectivity index is 2.08. The molecule has 10 nitrogen and oxygen atoms in total. The van der Waals surface area contributed by atoms with Crippen LogP contribution in [0, 0.1) is 11.8 Å². The minimum atomic E-state index is -0.534. The third-order valence-corrected chi connectivity index (χ3v) is 8.20. The summed E-state index contributed by atoms with van der Waals surface area (Å²) in [7, 11) is 4.82. The van der Waals surface area contributed by atoms with Gasteiger partial charge in [0, 0.05) is 34.4 Å². The molecule has 0 saturated carbocycles. The van der Waals surface area contributed by atoms with Gasteiger partial charge in [0.15, 0.2) is 0 Å². The van der Waals surface area contributed by atoms with E-state index in [9.17, 15) is 19.2 Å². The molecule has 1 aromatic carbocycles. The van der Waals surface area contributed by atoms with Gasteiger partial charge in [0.25, 0.3) is 0 Å². The highest BCUT2D eigenvalue weighted by atomic mass is 16.5. The van der Waals surface area contributed by atoms with Crippen LogP contribution in [0.3, 0.4) is 0 Å². The van der Waals surface area contributed by atoms with Gasteiger partial charge in [-0.1, -0.05) is 57.5 Å². The molecule has 224 valence electrons. The normalized spacial score (nSPS) is 18.8. The monoisotopic (exact) mass is 560 g/mol. The van der Waals surface area contributed by atoms with Gasteiger partial charge >= 0.3 is 0 Å². The number of nitrogens with one attached hydrogen (secondary N) is 2. The van der Waals surface area contributed by atoms with Crippen molar-refractivity contribution >= 4 is 24.1 Å². The van der Waals surface area contributed by atoms with Crippen LogP contribution in [0.15, 0.2) is 30.3 Å².